The second kappa shape index (κ2) is 4.97. The number of ether oxygens (including phenoxy) is 1. The first kappa shape index (κ1) is 12.9. The fourth-order valence-electron chi connectivity index (χ4n) is 1.44. The minimum Gasteiger partial charge on any atom is -0.486 e. The van der Waals surface area contributed by atoms with Gasteiger partial charge in [0.2, 0.25) is 0 Å². The van der Waals surface area contributed by atoms with Gasteiger partial charge in [0.15, 0.2) is 0 Å². The van der Waals surface area contributed by atoms with Crippen molar-refractivity contribution >= 4 is 11.3 Å². The number of para-hydroxylation sites is 1. The molecule has 0 aliphatic heterocycles. The van der Waals surface area contributed by atoms with Gasteiger partial charge in [-0.2, -0.15) is 13.2 Å². The Hall–Kier alpha value is -1.56. The smallest absolute Gasteiger partial charge is 0.419 e. The minimum atomic E-state index is -4.41. The third-order valence-corrected chi connectivity index (χ3v) is 3.15. The number of hydrogen-bond acceptors (Lipinski definition) is 3. The predicted molar refractivity (Wildman–Crippen MR) is 62.6 cm³/mol. The van der Waals surface area contributed by atoms with Gasteiger partial charge in [0, 0.05) is 11.1 Å². The predicted octanol–water partition coefficient (Wildman–Crippen LogP) is 4.05. The van der Waals surface area contributed by atoms with E-state index < -0.39 is 11.7 Å². The molecular formula is C12H10F3NOS. The van der Waals surface area contributed by atoms with Crippen LogP contribution in [0.5, 0.6) is 5.75 Å². The molecule has 0 atom stereocenters. The normalized spacial score (nSPS) is 11.6. The van der Waals surface area contributed by atoms with E-state index >= 15 is 0 Å². The van der Waals surface area contributed by atoms with Gasteiger partial charge in [0.1, 0.15) is 17.4 Å². The Balaban J connectivity index is 2.14. The van der Waals surface area contributed by atoms with Gasteiger partial charge in [0.25, 0.3) is 0 Å². The molecule has 0 saturated heterocycles. The van der Waals surface area contributed by atoms with Crippen LogP contribution in [-0.4, -0.2) is 4.98 Å². The molecule has 0 amide bonds. The van der Waals surface area contributed by atoms with Crippen LogP contribution in [0.2, 0.25) is 0 Å². The van der Waals surface area contributed by atoms with Gasteiger partial charge >= 0.3 is 6.18 Å². The highest BCUT2D eigenvalue weighted by atomic mass is 32.1. The molecular weight excluding hydrogens is 263 g/mol. The van der Waals surface area contributed by atoms with Gasteiger partial charge in [-0.1, -0.05) is 12.1 Å². The molecule has 0 aliphatic rings. The first-order valence-electron chi connectivity index (χ1n) is 5.17. The van der Waals surface area contributed by atoms with E-state index in [0.717, 1.165) is 11.8 Å². The summed E-state index contributed by atoms with van der Waals surface area (Å²) < 4.78 is 43.2. The highest BCUT2D eigenvalue weighted by molar-refractivity contribution is 7.09. The number of alkyl halides is 3. The van der Waals surface area contributed by atoms with Crippen LogP contribution in [-0.2, 0) is 12.8 Å². The summed E-state index contributed by atoms with van der Waals surface area (Å²) >= 11 is 1.36. The Morgan fingerprint density at radius 2 is 2.00 bits per heavy atom. The maximum Gasteiger partial charge on any atom is 0.419 e. The second-order valence-electron chi connectivity index (χ2n) is 3.67. The van der Waals surface area contributed by atoms with Gasteiger partial charge in [-0.05, 0) is 19.1 Å². The summed E-state index contributed by atoms with van der Waals surface area (Å²) in [5.41, 5.74) is 0.0704. The first-order valence-corrected chi connectivity index (χ1v) is 6.05. The number of aryl methyl sites for hydroxylation is 1. The Labute approximate surface area is 106 Å². The molecule has 0 unspecified atom stereocenters. The van der Waals surface area contributed by atoms with Crippen LogP contribution >= 0.6 is 11.3 Å². The molecule has 0 radical (unpaired) electrons. The van der Waals surface area contributed by atoms with Crippen molar-refractivity contribution in [3.63, 3.8) is 0 Å². The SMILES string of the molecule is Cc1csc(COc2ccccc2C(F)(F)F)n1. The highest BCUT2D eigenvalue weighted by Crippen LogP contribution is 2.36. The number of benzene rings is 1. The molecule has 6 heteroatoms. The summed E-state index contributed by atoms with van der Waals surface area (Å²) in [5.74, 6) is -0.169. The Morgan fingerprint density at radius 1 is 1.28 bits per heavy atom. The molecule has 0 saturated carbocycles. The van der Waals surface area contributed by atoms with Crippen molar-refractivity contribution in [3.8, 4) is 5.75 Å². The molecule has 1 aromatic heterocycles. The van der Waals surface area contributed by atoms with Crippen LogP contribution < -0.4 is 4.74 Å². The zero-order valence-corrected chi connectivity index (χ0v) is 10.3. The van der Waals surface area contributed by atoms with E-state index in [1.165, 1.54) is 29.5 Å². The molecule has 1 aromatic carbocycles. The fourth-order valence-corrected chi connectivity index (χ4v) is 2.12. The average Bonchev–Trinajstić information content (AvgIpc) is 2.72. The van der Waals surface area contributed by atoms with Crippen molar-refractivity contribution in [2.45, 2.75) is 19.7 Å². The fraction of sp³-hybridized carbons (Fsp3) is 0.250. The van der Waals surface area contributed by atoms with Gasteiger partial charge in [-0.3, -0.25) is 0 Å². The Kier molecular flexibility index (Phi) is 3.56. The first-order chi connectivity index (χ1) is 8.47. The lowest BCUT2D eigenvalue weighted by Crippen LogP contribution is -2.08. The molecule has 2 aromatic rings. The topological polar surface area (TPSA) is 22.1 Å². The van der Waals surface area contributed by atoms with Gasteiger partial charge < -0.3 is 4.74 Å². The lowest BCUT2D eigenvalue weighted by atomic mass is 10.2. The number of thiazole rings is 1. The molecule has 2 rings (SSSR count). The number of hydrogen-bond donors (Lipinski definition) is 0. The number of halogens is 3. The van der Waals surface area contributed by atoms with E-state index in [-0.39, 0.29) is 12.4 Å². The average molecular weight is 273 g/mol. The monoisotopic (exact) mass is 273 g/mol. The maximum absolute atomic E-state index is 12.7. The molecule has 0 fully saturated rings. The zero-order chi connectivity index (χ0) is 13.2. The minimum absolute atomic E-state index is 0.0472. The third kappa shape index (κ3) is 3.01. The molecule has 0 spiro atoms. The van der Waals surface area contributed by atoms with Crippen LogP contribution in [0.3, 0.4) is 0 Å². The molecule has 96 valence electrons. The molecule has 0 N–H and O–H groups in total. The highest BCUT2D eigenvalue weighted by Gasteiger charge is 2.34. The maximum atomic E-state index is 12.7. The number of aromatic nitrogens is 1. The van der Waals surface area contributed by atoms with E-state index in [4.69, 9.17) is 4.74 Å². The zero-order valence-electron chi connectivity index (χ0n) is 9.49. The molecule has 0 aliphatic carbocycles. The van der Waals surface area contributed by atoms with Crippen LogP contribution in [0.4, 0.5) is 13.2 Å². The van der Waals surface area contributed by atoms with Crippen molar-refractivity contribution in [2.24, 2.45) is 0 Å². The summed E-state index contributed by atoms with van der Waals surface area (Å²) in [6, 6.07) is 5.16. The van der Waals surface area contributed by atoms with Gasteiger partial charge in [-0.25, -0.2) is 4.98 Å². The van der Waals surface area contributed by atoms with Crippen molar-refractivity contribution in [1.29, 1.82) is 0 Å². The molecule has 1 heterocycles. The lowest BCUT2D eigenvalue weighted by Gasteiger charge is -2.12. The van der Waals surface area contributed by atoms with Crippen LogP contribution in [0, 0.1) is 6.92 Å². The summed E-state index contributed by atoms with van der Waals surface area (Å²) in [7, 11) is 0. The standard InChI is InChI=1S/C12H10F3NOS/c1-8-7-18-11(16-8)6-17-10-5-3-2-4-9(10)12(13,14)15/h2-5,7H,6H2,1H3. The summed E-state index contributed by atoms with van der Waals surface area (Å²) in [4.78, 5) is 4.13. The van der Waals surface area contributed by atoms with Crippen molar-refractivity contribution in [3.05, 3.63) is 45.9 Å². The van der Waals surface area contributed by atoms with Crippen LogP contribution in [0.25, 0.3) is 0 Å². The number of nitrogens with zero attached hydrogens (tertiary/aromatic N) is 1. The Bertz CT molecular complexity index is 536. The largest absolute Gasteiger partial charge is 0.486 e. The van der Waals surface area contributed by atoms with Crippen LogP contribution in [0.15, 0.2) is 29.6 Å². The van der Waals surface area contributed by atoms with E-state index in [1.807, 2.05) is 12.3 Å². The third-order valence-electron chi connectivity index (χ3n) is 2.21. The van der Waals surface area contributed by atoms with Gasteiger partial charge in [-0.15, -0.1) is 11.3 Å². The summed E-state index contributed by atoms with van der Waals surface area (Å²) in [5, 5.41) is 2.48. The van der Waals surface area contributed by atoms with Crippen molar-refractivity contribution < 1.29 is 17.9 Å². The summed E-state index contributed by atoms with van der Waals surface area (Å²) in [6.45, 7) is 1.87. The van der Waals surface area contributed by atoms with Gasteiger partial charge in [0.05, 0.1) is 5.56 Å². The lowest BCUT2D eigenvalue weighted by molar-refractivity contribution is -0.139. The Morgan fingerprint density at radius 3 is 2.61 bits per heavy atom. The van der Waals surface area contributed by atoms with Crippen molar-refractivity contribution in [2.75, 3.05) is 0 Å². The second-order valence-corrected chi connectivity index (χ2v) is 4.61. The van der Waals surface area contributed by atoms with E-state index in [1.54, 1.807) is 0 Å². The van der Waals surface area contributed by atoms with E-state index in [0.29, 0.717) is 5.01 Å². The summed E-state index contributed by atoms with van der Waals surface area (Å²) in [6.07, 6.45) is -4.41. The molecule has 0 bridgehead atoms. The van der Waals surface area contributed by atoms with E-state index in [9.17, 15) is 13.2 Å². The number of rotatable bonds is 3. The van der Waals surface area contributed by atoms with Crippen LogP contribution in [0.1, 0.15) is 16.3 Å². The quantitative estimate of drug-likeness (QED) is 0.841. The van der Waals surface area contributed by atoms with Crippen molar-refractivity contribution in [1.82, 2.24) is 4.98 Å². The molecule has 18 heavy (non-hydrogen) atoms. The van der Waals surface area contributed by atoms with E-state index in [2.05, 4.69) is 4.98 Å². The molecule has 2 nitrogen and oxygen atoms in total.